The summed E-state index contributed by atoms with van der Waals surface area (Å²) in [7, 11) is 0. The van der Waals surface area contributed by atoms with Gasteiger partial charge in [0.1, 0.15) is 5.82 Å². The van der Waals surface area contributed by atoms with Crippen LogP contribution in [-0.2, 0) is 0 Å². The van der Waals surface area contributed by atoms with Crippen molar-refractivity contribution in [3.05, 3.63) is 34.1 Å². The minimum atomic E-state index is -0.442. The van der Waals surface area contributed by atoms with Crippen LogP contribution in [-0.4, -0.2) is 11.7 Å². The van der Waals surface area contributed by atoms with E-state index in [0.717, 1.165) is 0 Å². The number of rotatable bonds is 3. The van der Waals surface area contributed by atoms with Gasteiger partial charge in [-0.3, -0.25) is 0 Å². The van der Waals surface area contributed by atoms with E-state index in [1.54, 1.807) is 18.2 Å². The van der Waals surface area contributed by atoms with Crippen LogP contribution in [0.15, 0.2) is 22.7 Å². The number of aliphatic hydroxyl groups is 1. The summed E-state index contributed by atoms with van der Waals surface area (Å²) in [5, 5.41) is 8.64. The van der Waals surface area contributed by atoms with Crippen molar-refractivity contribution in [1.29, 1.82) is 0 Å². The summed E-state index contributed by atoms with van der Waals surface area (Å²) in [6, 6.07) is 4.52. The van der Waals surface area contributed by atoms with Gasteiger partial charge in [-0.05, 0) is 28.4 Å². The molecule has 0 unspecified atom stereocenters. The fraction of sp³-hybridized carbons (Fsp3) is 0.333. The normalized spacial score (nSPS) is 12.9. The highest BCUT2D eigenvalue weighted by molar-refractivity contribution is 9.10. The third kappa shape index (κ3) is 2.49. The van der Waals surface area contributed by atoms with Gasteiger partial charge in [0.2, 0.25) is 0 Å². The third-order valence-electron chi connectivity index (χ3n) is 1.82. The summed E-state index contributed by atoms with van der Waals surface area (Å²) >= 11 is 3.07. The van der Waals surface area contributed by atoms with Crippen molar-refractivity contribution in [3.8, 4) is 0 Å². The fourth-order valence-corrected chi connectivity index (χ4v) is 1.48. The lowest BCUT2D eigenvalue weighted by molar-refractivity contribution is 0.275. The van der Waals surface area contributed by atoms with Gasteiger partial charge in [0, 0.05) is 18.2 Å². The lowest BCUT2D eigenvalue weighted by Gasteiger charge is -2.11. The van der Waals surface area contributed by atoms with Crippen LogP contribution in [0.25, 0.3) is 0 Å². The minimum absolute atomic E-state index is 0.0346. The van der Waals surface area contributed by atoms with Crippen LogP contribution in [0.5, 0.6) is 0 Å². The van der Waals surface area contributed by atoms with Gasteiger partial charge < -0.3 is 10.8 Å². The Labute approximate surface area is 84.7 Å². The van der Waals surface area contributed by atoms with Crippen molar-refractivity contribution in [3.63, 3.8) is 0 Å². The van der Waals surface area contributed by atoms with Crippen molar-refractivity contribution < 1.29 is 9.50 Å². The number of hydrogen-bond acceptors (Lipinski definition) is 2. The van der Waals surface area contributed by atoms with Gasteiger partial charge in [-0.25, -0.2) is 4.39 Å². The molecule has 0 aliphatic heterocycles. The molecule has 0 fully saturated rings. The molecule has 0 heterocycles. The second kappa shape index (κ2) is 4.69. The van der Waals surface area contributed by atoms with Crippen LogP contribution >= 0.6 is 15.9 Å². The Morgan fingerprint density at radius 1 is 1.54 bits per heavy atom. The Kier molecular flexibility index (Phi) is 3.84. The topological polar surface area (TPSA) is 46.2 Å². The Morgan fingerprint density at radius 3 is 2.85 bits per heavy atom. The van der Waals surface area contributed by atoms with E-state index in [9.17, 15) is 4.39 Å². The monoisotopic (exact) mass is 247 g/mol. The molecule has 0 aromatic heterocycles. The molecule has 0 saturated carbocycles. The summed E-state index contributed by atoms with van der Waals surface area (Å²) in [4.78, 5) is 0. The van der Waals surface area contributed by atoms with E-state index < -0.39 is 6.04 Å². The fourth-order valence-electron chi connectivity index (χ4n) is 1.10. The third-order valence-corrected chi connectivity index (χ3v) is 2.43. The molecule has 3 N–H and O–H groups in total. The summed E-state index contributed by atoms with van der Waals surface area (Å²) in [5.74, 6) is -0.344. The van der Waals surface area contributed by atoms with Crippen LogP contribution in [0, 0.1) is 5.82 Å². The quantitative estimate of drug-likeness (QED) is 0.858. The van der Waals surface area contributed by atoms with Crippen molar-refractivity contribution in [2.75, 3.05) is 6.61 Å². The molecule has 1 atom stereocenters. The lowest BCUT2D eigenvalue weighted by atomic mass is 10.0. The van der Waals surface area contributed by atoms with Gasteiger partial charge in [-0.2, -0.15) is 0 Å². The predicted molar refractivity (Wildman–Crippen MR) is 52.7 cm³/mol. The van der Waals surface area contributed by atoms with Gasteiger partial charge in [-0.15, -0.1) is 0 Å². The first-order chi connectivity index (χ1) is 6.16. The van der Waals surface area contributed by atoms with Crippen LogP contribution in [0.3, 0.4) is 0 Å². The number of benzene rings is 1. The number of aliphatic hydroxyl groups excluding tert-OH is 1. The zero-order valence-electron chi connectivity index (χ0n) is 7.00. The predicted octanol–water partition coefficient (Wildman–Crippen LogP) is 1.97. The first-order valence-corrected chi connectivity index (χ1v) is 4.76. The van der Waals surface area contributed by atoms with E-state index in [1.165, 1.54) is 0 Å². The Hall–Kier alpha value is -0.450. The standard InChI is InChI=1S/C9H11BrFNO/c10-7-3-1-2-6(9(7)11)8(12)4-5-13/h1-3,8,13H,4-5,12H2/t8-/m0/s1. The average Bonchev–Trinajstić information content (AvgIpc) is 2.10. The van der Waals surface area contributed by atoms with E-state index in [1.807, 2.05) is 0 Å². The second-order valence-corrected chi connectivity index (χ2v) is 3.62. The van der Waals surface area contributed by atoms with Gasteiger partial charge in [0.25, 0.3) is 0 Å². The zero-order chi connectivity index (χ0) is 9.84. The zero-order valence-corrected chi connectivity index (χ0v) is 8.59. The largest absolute Gasteiger partial charge is 0.396 e. The number of hydrogen-bond donors (Lipinski definition) is 2. The van der Waals surface area contributed by atoms with Gasteiger partial charge in [0.05, 0.1) is 4.47 Å². The average molecular weight is 248 g/mol. The second-order valence-electron chi connectivity index (χ2n) is 2.76. The molecule has 0 radical (unpaired) electrons. The first kappa shape index (κ1) is 10.6. The Morgan fingerprint density at radius 2 is 2.23 bits per heavy atom. The highest BCUT2D eigenvalue weighted by atomic mass is 79.9. The highest BCUT2D eigenvalue weighted by Gasteiger charge is 2.12. The molecule has 13 heavy (non-hydrogen) atoms. The van der Waals surface area contributed by atoms with E-state index >= 15 is 0 Å². The molecule has 1 rings (SSSR count). The molecule has 0 saturated heterocycles. The molecule has 1 aromatic rings. The highest BCUT2D eigenvalue weighted by Crippen LogP contribution is 2.23. The molecule has 0 spiro atoms. The molecular weight excluding hydrogens is 237 g/mol. The lowest BCUT2D eigenvalue weighted by Crippen LogP contribution is -2.13. The van der Waals surface area contributed by atoms with Crippen LogP contribution in [0.4, 0.5) is 4.39 Å². The number of nitrogens with two attached hydrogens (primary N) is 1. The molecule has 2 nitrogen and oxygen atoms in total. The summed E-state index contributed by atoms with van der Waals surface area (Å²) in [6.45, 7) is -0.0346. The first-order valence-electron chi connectivity index (χ1n) is 3.97. The van der Waals surface area contributed by atoms with Crippen molar-refractivity contribution in [2.24, 2.45) is 5.73 Å². The molecule has 4 heteroatoms. The van der Waals surface area contributed by atoms with Gasteiger partial charge in [0.15, 0.2) is 0 Å². The van der Waals surface area contributed by atoms with E-state index in [0.29, 0.717) is 16.5 Å². The molecule has 0 aliphatic rings. The summed E-state index contributed by atoms with van der Waals surface area (Å²) in [6.07, 6.45) is 0.368. The maximum atomic E-state index is 13.4. The van der Waals surface area contributed by atoms with Gasteiger partial charge >= 0.3 is 0 Å². The smallest absolute Gasteiger partial charge is 0.142 e. The Bertz CT molecular complexity index is 293. The summed E-state index contributed by atoms with van der Waals surface area (Å²) in [5.41, 5.74) is 6.09. The SMILES string of the molecule is N[C@@H](CCO)c1cccc(Br)c1F. The summed E-state index contributed by atoms with van der Waals surface area (Å²) < 4.78 is 13.8. The van der Waals surface area contributed by atoms with Crippen LogP contribution in [0.2, 0.25) is 0 Å². The molecular formula is C9H11BrFNO. The Balaban J connectivity index is 2.93. The van der Waals surface area contributed by atoms with E-state index in [2.05, 4.69) is 15.9 Å². The molecule has 1 aromatic carbocycles. The van der Waals surface area contributed by atoms with E-state index in [-0.39, 0.29) is 12.4 Å². The van der Waals surface area contributed by atoms with E-state index in [4.69, 9.17) is 10.8 Å². The molecule has 0 amide bonds. The maximum Gasteiger partial charge on any atom is 0.142 e. The maximum absolute atomic E-state index is 13.4. The van der Waals surface area contributed by atoms with Crippen LogP contribution in [0.1, 0.15) is 18.0 Å². The van der Waals surface area contributed by atoms with Crippen molar-refractivity contribution >= 4 is 15.9 Å². The van der Waals surface area contributed by atoms with Crippen molar-refractivity contribution in [1.82, 2.24) is 0 Å². The van der Waals surface area contributed by atoms with Crippen LogP contribution < -0.4 is 5.73 Å². The number of halogens is 2. The molecule has 0 bridgehead atoms. The van der Waals surface area contributed by atoms with Crippen molar-refractivity contribution in [2.45, 2.75) is 12.5 Å². The van der Waals surface area contributed by atoms with Gasteiger partial charge in [-0.1, -0.05) is 12.1 Å². The minimum Gasteiger partial charge on any atom is -0.396 e. The molecule has 72 valence electrons. The molecule has 0 aliphatic carbocycles.